The van der Waals surface area contributed by atoms with Crippen molar-refractivity contribution in [1.82, 2.24) is 10.9 Å². The fraction of sp³-hybridized carbons (Fsp3) is 0.333. The average Bonchev–Trinajstić information content (AvgIpc) is 2.72. The fourth-order valence-corrected chi connectivity index (χ4v) is 3.76. The van der Waals surface area contributed by atoms with Crippen molar-refractivity contribution in [3.05, 3.63) is 55.6 Å². The van der Waals surface area contributed by atoms with Gasteiger partial charge in [0, 0.05) is 11.1 Å². The largest absolute Gasteiger partial charge is 0.496 e. The van der Waals surface area contributed by atoms with Crippen molar-refractivity contribution in [3.63, 3.8) is 0 Å². The van der Waals surface area contributed by atoms with Crippen LogP contribution in [0.2, 0.25) is 0 Å². The molecule has 2 aromatic rings. The van der Waals surface area contributed by atoms with Gasteiger partial charge in [-0.15, -0.1) is 0 Å². The van der Waals surface area contributed by atoms with E-state index in [2.05, 4.69) is 56.3 Å². The number of benzene rings is 2. The van der Waals surface area contributed by atoms with Crippen LogP contribution >= 0.6 is 38.5 Å². The van der Waals surface area contributed by atoms with Gasteiger partial charge in [-0.05, 0) is 81.3 Å². The van der Waals surface area contributed by atoms with Gasteiger partial charge in [-0.25, -0.2) is 0 Å². The summed E-state index contributed by atoms with van der Waals surface area (Å²) in [5.41, 5.74) is 5.67. The van der Waals surface area contributed by atoms with E-state index in [4.69, 9.17) is 9.47 Å². The van der Waals surface area contributed by atoms with Crippen LogP contribution in [0.25, 0.3) is 0 Å². The average molecular weight is 575 g/mol. The minimum absolute atomic E-state index is 0.403. The molecular formula is C21H24BrIN2O4. The van der Waals surface area contributed by atoms with Crippen LogP contribution in [0.1, 0.15) is 53.3 Å². The van der Waals surface area contributed by atoms with E-state index in [1.54, 1.807) is 43.5 Å². The summed E-state index contributed by atoms with van der Waals surface area (Å²) in [4.78, 5) is 24.6. The number of rotatable bonds is 9. The van der Waals surface area contributed by atoms with E-state index >= 15 is 0 Å². The smallest absolute Gasteiger partial charge is 0.269 e. The summed E-state index contributed by atoms with van der Waals surface area (Å²) in [6, 6.07) is 10.1. The van der Waals surface area contributed by atoms with E-state index < -0.39 is 11.8 Å². The monoisotopic (exact) mass is 574 g/mol. The Morgan fingerprint density at radius 2 is 1.59 bits per heavy atom. The van der Waals surface area contributed by atoms with Gasteiger partial charge in [-0.2, -0.15) is 0 Å². The summed E-state index contributed by atoms with van der Waals surface area (Å²) in [5.74, 6) is 0.542. The van der Waals surface area contributed by atoms with Crippen LogP contribution in [0.3, 0.4) is 0 Å². The highest BCUT2D eigenvalue weighted by atomic mass is 127. The van der Waals surface area contributed by atoms with Crippen molar-refractivity contribution in [3.8, 4) is 11.5 Å². The molecule has 29 heavy (non-hydrogen) atoms. The Morgan fingerprint density at radius 1 is 0.966 bits per heavy atom. The Hall–Kier alpha value is -1.81. The molecule has 2 rings (SSSR count). The minimum atomic E-state index is -0.420. The topological polar surface area (TPSA) is 76.7 Å². The number of nitrogens with one attached hydrogen (secondary N) is 2. The first-order chi connectivity index (χ1) is 14.0. The number of halogens is 2. The number of hydrazine groups is 1. The zero-order chi connectivity index (χ0) is 21.2. The van der Waals surface area contributed by atoms with Crippen molar-refractivity contribution in [1.29, 1.82) is 0 Å². The van der Waals surface area contributed by atoms with E-state index in [9.17, 15) is 9.59 Å². The predicted octanol–water partition coefficient (Wildman–Crippen LogP) is 5.10. The molecule has 0 heterocycles. The zero-order valence-corrected chi connectivity index (χ0v) is 20.1. The molecule has 0 fully saturated rings. The summed E-state index contributed by atoms with van der Waals surface area (Å²) in [6.07, 6.45) is 4.52. The quantitative estimate of drug-likeness (QED) is 0.248. The number of carbonyl (C=O) groups excluding carboxylic acids is 2. The second-order valence-corrected chi connectivity index (χ2v) is 8.33. The molecule has 0 spiro atoms. The zero-order valence-electron chi connectivity index (χ0n) is 16.4. The number of methoxy groups -OCH3 is 1. The normalized spacial score (nSPS) is 10.3. The molecule has 156 valence electrons. The molecule has 2 amide bonds. The number of carbonyl (C=O) groups is 2. The third-order valence-corrected chi connectivity index (χ3v) is 5.62. The van der Waals surface area contributed by atoms with Crippen LogP contribution in [-0.2, 0) is 0 Å². The Kier molecular flexibility index (Phi) is 9.72. The minimum Gasteiger partial charge on any atom is -0.496 e. The van der Waals surface area contributed by atoms with Gasteiger partial charge in [0.25, 0.3) is 11.8 Å². The molecule has 0 saturated heterocycles. The van der Waals surface area contributed by atoms with E-state index in [-0.39, 0.29) is 0 Å². The molecule has 2 N–H and O–H groups in total. The lowest BCUT2D eigenvalue weighted by atomic mass is 10.2. The molecule has 0 aliphatic carbocycles. The molecule has 0 aliphatic rings. The highest BCUT2D eigenvalue weighted by Crippen LogP contribution is 2.26. The highest BCUT2D eigenvalue weighted by molar-refractivity contribution is 14.1. The number of unbranched alkanes of at least 4 members (excludes halogenated alkanes) is 3. The van der Waals surface area contributed by atoms with Gasteiger partial charge in [-0.1, -0.05) is 26.2 Å². The number of ether oxygens (including phenoxy) is 2. The molecule has 0 radical (unpaired) electrons. The van der Waals surface area contributed by atoms with E-state index in [1.807, 2.05) is 0 Å². The van der Waals surface area contributed by atoms with Crippen molar-refractivity contribution in [2.75, 3.05) is 13.7 Å². The highest BCUT2D eigenvalue weighted by Gasteiger charge is 2.12. The molecule has 0 bridgehead atoms. The third-order valence-electron chi connectivity index (χ3n) is 4.15. The number of amides is 2. The van der Waals surface area contributed by atoms with Crippen LogP contribution in [0, 0.1) is 3.57 Å². The van der Waals surface area contributed by atoms with Gasteiger partial charge in [-0.3, -0.25) is 20.4 Å². The first-order valence-electron chi connectivity index (χ1n) is 9.32. The van der Waals surface area contributed by atoms with Gasteiger partial charge in [0.05, 0.1) is 21.8 Å². The maximum absolute atomic E-state index is 12.3. The Morgan fingerprint density at radius 3 is 2.14 bits per heavy atom. The maximum atomic E-state index is 12.3. The van der Waals surface area contributed by atoms with Crippen molar-refractivity contribution in [2.24, 2.45) is 0 Å². The van der Waals surface area contributed by atoms with Crippen LogP contribution in [0.15, 0.2) is 40.9 Å². The summed E-state index contributed by atoms with van der Waals surface area (Å²) >= 11 is 5.51. The first-order valence-corrected chi connectivity index (χ1v) is 11.2. The molecule has 0 saturated carbocycles. The van der Waals surface area contributed by atoms with E-state index in [0.717, 1.165) is 16.4 Å². The molecular weight excluding hydrogens is 551 g/mol. The third kappa shape index (κ3) is 7.18. The van der Waals surface area contributed by atoms with Gasteiger partial charge in [0.15, 0.2) is 0 Å². The van der Waals surface area contributed by atoms with Crippen molar-refractivity contribution >= 4 is 50.3 Å². The van der Waals surface area contributed by atoms with Gasteiger partial charge in [0.2, 0.25) is 0 Å². The SMILES string of the molecule is CCCCCCOc1ccc(C(=O)NNC(=O)c2ccc(OC)c(I)c2)cc1Br. The van der Waals surface area contributed by atoms with Crippen LogP contribution in [0.5, 0.6) is 11.5 Å². The van der Waals surface area contributed by atoms with E-state index in [0.29, 0.717) is 33.7 Å². The van der Waals surface area contributed by atoms with Crippen LogP contribution < -0.4 is 20.3 Å². The van der Waals surface area contributed by atoms with Crippen LogP contribution in [0.4, 0.5) is 0 Å². The summed E-state index contributed by atoms with van der Waals surface area (Å²) < 4.78 is 12.4. The lowest BCUT2D eigenvalue weighted by Gasteiger charge is -2.11. The Balaban J connectivity index is 1.89. The van der Waals surface area contributed by atoms with Gasteiger partial charge in [0.1, 0.15) is 11.5 Å². The fourth-order valence-electron chi connectivity index (χ4n) is 2.54. The molecule has 0 atom stereocenters. The Labute approximate surface area is 193 Å². The van der Waals surface area contributed by atoms with Crippen LogP contribution in [-0.4, -0.2) is 25.5 Å². The Bertz CT molecular complexity index is 861. The summed E-state index contributed by atoms with van der Waals surface area (Å²) in [7, 11) is 1.57. The first kappa shape index (κ1) is 23.5. The standard InChI is InChI=1S/C21H24BrIN2O4/c1-3-4-5-6-11-29-18-9-7-14(12-16(18)22)20(26)24-25-21(27)15-8-10-19(28-2)17(23)13-15/h7-10,12-13H,3-6,11H2,1-2H3,(H,24,26)(H,25,27). The second kappa shape index (κ2) is 12.0. The summed E-state index contributed by atoms with van der Waals surface area (Å²) in [6.45, 7) is 2.81. The maximum Gasteiger partial charge on any atom is 0.269 e. The van der Waals surface area contributed by atoms with Gasteiger partial charge < -0.3 is 9.47 Å². The van der Waals surface area contributed by atoms with Crippen molar-refractivity contribution < 1.29 is 19.1 Å². The molecule has 0 unspecified atom stereocenters. The number of hydrogen-bond acceptors (Lipinski definition) is 4. The summed E-state index contributed by atoms with van der Waals surface area (Å²) in [5, 5.41) is 0. The lowest BCUT2D eigenvalue weighted by molar-refractivity contribution is 0.0846. The molecule has 0 aromatic heterocycles. The molecule has 0 aliphatic heterocycles. The van der Waals surface area contributed by atoms with E-state index in [1.165, 1.54) is 12.8 Å². The lowest BCUT2D eigenvalue weighted by Crippen LogP contribution is -2.41. The predicted molar refractivity (Wildman–Crippen MR) is 124 cm³/mol. The second-order valence-electron chi connectivity index (χ2n) is 6.31. The number of hydrogen-bond donors (Lipinski definition) is 2. The molecule has 6 nitrogen and oxygen atoms in total. The van der Waals surface area contributed by atoms with Gasteiger partial charge >= 0.3 is 0 Å². The molecule has 8 heteroatoms. The van der Waals surface area contributed by atoms with Crippen molar-refractivity contribution in [2.45, 2.75) is 32.6 Å². The molecule has 2 aromatic carbocycles.